The molecule has 0 spiro atoms. The summed E-state index contributed by atoms with van der Waals surface area (Å²) in [6, 6.07) is 5.95. The fourth-order valence-corrected chi connectivity index (χ4v) is 4.25. The lowest BCUT2D eigenvalue weighted by Gasteiger charge is -2.30. The number of amides is 2. The number of anilines is 2. The second-order valence-corrected chi connectivity index (χ2v) is 7.73. The van der Waals surface area contributed by atoms with E-state index in [-0.39, 0.29) is 36.8 Å². The summed E-state index contributed by atoms with van der Waals surface area (Å²) in [5.41, 5.74) is 9.20. The van der Waals surface area contributed by atoms with Gasteiger partial charge in [0.25, 0.3) is 5.91 Å². The molecule has 2 heterocycles. The van der Waals surface area contributed by atoms with Crippen molar-refractivity contribution in [2.24, 2.45) is 0 Å². The van der Waals surface area contributed by atoms with Gasteiger partial charge in [-0.1, -0.05) is 25.3 Å². The molecule has 1 aromatic heterocycles. The first-order valence-corrected chi connectivity index (χ1v) is 10.1. The van der Waals surface area contributed by atoms with E-state index >= 15 is 0 Å². The minimum atomic E-state index is -0.106. The highest BCUT2D eigenvalue weighted by Crippen LogP contribution is 2.32. The zero-order valence-electron chi connectivity index (χ0n) is 16.5. The van der Waals surface area contributed by atoms with Crippen molar-refractivity contribution >= 4 is 35.6 Å². The minimum absolute atomic E-state index is 0. The van der Waals surface area contributed by atoms with Crippen molar-refractivity contribution in [3.05, 3.63) is 41.7 Å². The van der Waals surface area contributed by atoms with E-state index in [0.29, 0.717) is 12.1 Å². The number of nitrogens with two attached hydrogens (primary N) is 1. The number of hydrogen-bond donors (Lipinski definition) is 2. The SMILES string of the molecule is Cl.Nc1cccc2c1CCCN2C(=O)c1cnn(CC(=O)NC2CCCCC2)c1. The average Bonchev–Trinajstić information content (AvgIpc) is 3.16. The summed E-state index contributed by atoms with van der Waals surface area (Å²) in [5.74, 6) is -0.157. The lowest BCUT2D eigenvalue weighted by Crippen LogP contribution is -2.38. The first kappa shape index (κ1) is 21.2. The molecule has 8 heteroatoms. The van der Waals surface area contributed by atoms with Gasteiger partial charge in [0.15, 0.2) is 0 Å². The van der Waals surface area contributed by atoms with Crippen molar-refractivity contribution in [1.82, 2.24) is 15.1 Å². The van der Waals surface area contributed by atoms with E-state index in [1.54, 1.807) is 11.1 Å². The molecule has 0 unspecified atom stereocenters. The summed E-state index contributed by atoms with van der Waals surface area (Å²) < 4.78 is 1.54. The smallest absolute Gasteiger partial charge is 0.261 e. The van der Waals surface area contributed by atoms with Crippen molar-refractivity contribution in [3.8, 4) is 0 Å². The van der Waals surface area contributed by atoms with Crippen molar-refractivity contribution < 1.29 is 9.59 Å². The van der Waals surface area contributed by atoms with Crippen LogP contribution < -0.4 is 16.0 Å². The maximum atomic E-state index is 13.0. The van der Waals surface area contributed by atoms with E-state index in [1.807, 2.05) is 18.2 Å². The lowest BCUT2D eigenvalue weighted by molar-refractivity contribution is -0.122. The number of fused-ring (bicyclic) bond motifs is 1. The molecule has 156 valence electrons. The molecule has 1 aliphatic heterocycles. The number of nitrogen functional groups attached to an aromatic ring is 1. The zero-order chi connectivity index (χ0) is 19.5. The quantitative estimate of drug-likeness (QED) is 0.748. The first-order valence-electron chi connectivity index (χ1n) is 10.1. The van der Waals surface area contributed by atoms with Crippen LogP contribution in [0.2, 0.25) is 0 Å². The number of hydrogen-bond acceptors (Lipinski definition) is 4. The second kappa shape index (κ2) is 9.31. The van der Waals surface area contributed by atoms with Gasteiger partial charge in [-0.05, 0) is 43.4 Å². The van der Waals surface area contributed by atoms with Gasteiger partial charge < -0.3 is 16.0 Å². The van der Waals surface area contributed by atoms with Gasteiger partial charge in [0, 0.05) is 30.2 Å². The highest BCUT2D eigenvalue weighted by Gasteiger charge is 2.25. The van der Waals surface area contributed by atoms with Crippen LogP contribution in [0, 0.1) is 0 Å². The third-order valence-electron chi connectivity index (χ3n) is 5.69. The van der Waals surface area contributed by atoms with Crippen LogP contribution in [-0.4, -0.2) is 34.2 Å². The summed E-state index contributed by atoms with van der Waals surface area (Å²) >= 11 is 0. The largest absolute Gasteiger partial charge is 0.398 e. The van der Waals surface area contributed by atoms with Crippen LogP contribution in [0.3, 0.4) is 0 Å². The third kappa shape index (κ3) is 4.72. The predicted octanol–water partition coefficient (Wildman–Crippen LogP) is 2.93. The van der Waals surface area contributed by atoms with E-state index in [1.165, 1.54) is 30.1 Å². The Balaban J connectivity index is 0.00000240. The lowest BCUT2D eigenvalue weighted by atomic mass is 9.95. The molecule has 0 atom stereocenters. The normalized spacial score (nSPS) is 16.6. The molecular formula is C21H28ClN5O2. The van der Waals surface area contributed by atoms with Crippen molar-refractivity contribution in [1.29, 1.82) is 0 Å². The molecular weight excluding hydrogens is 390 g/mol. The molecule has 29 heavy (non-hydrogen) atoms. The standard InChI is InChI=1S/C21H27N5O2.ClH/c22-18-9-4-10-19-17(18)8-5-11-26(19)21(28)15-12-23-25(13-15)14-20(27)24-16-6-2-1-3-7-16;/h4,9-10,12-13,16H,1-3,5-8,11,14,22H2,(H,24,27);1H. The summed E-state index contributed by atoms with van der Waals surface area (Å²) in [5, 5.41) is 7.30. The van der Waals surface area contributed by atoms with Gasteiger partial charge in [0.05, 0.1) is 11.8 Å². The summed E-state index contributed by atoms with van der Waals surface area (Å²) in [7, 11) is 0. The minimum Gasteiger partial charge on any atom is -0.398 e. The highest BCUT2D eigenvalue weighted by molar-refractivity contribution is 6.06. The van der Waals surface area contributed by atoms with Gasteiger partial charge in [0.2, 0.25) is 5.91 Å². The van der Waals surface area contributed by atoms with Gasteiger partial charge >= 0.3 is 0 Å². The molecule has 1 saturated carbocycles. The fourth-order valence-electron chi connectivity index (χ4n) is 4.25. The Bertz CT molecular complexity index is 876. The van der Waals surface area contributed by atoms with Crippen LogP contribution in [0.1, 0.15) is 54.4 Å². The Hall–Kier alpha value is -2.54. The highest BCUT2D eigenvalue weighted by atomic mass is 35.5. The molecule has 0 bridgehead atoms. The molecule has 4 rings (SSSR count). The number of halogens is 1. The average molecular weight is 418 g/mol. The molecule has 1 aliphatic carbocycles. The van der Waals surface area contributed by atoms with Gasteiger partial charge in [0.1, 0.15) is 6.54 Å². The van der Waals surface area contributed by atoms with E-state index in [9.17, 15) is 9.59 Å². The van der Waals surface area contributed by atoms with Crippen LogP contribution in [0.15, 0.2) is 30.6 Å². The predicted molar refractivity (Wildman–Crippen MR) is 115 cm³/mol. The van der Waals surface area contributed by atoms with Gasteiger partial charge in [-0.2, -0.15) is 5.10 Å². The molecule has 1 aromatic carbocycles. The summed E-state index contributed by atoms with van der Waals surface area (Å²) in [4.78, 5) is 27.1. The third-order valence-corrected chi connectivity index (χ3v) is 5.69. The first-order chi connectivity index (χ1) is 13.6. The Labute approximate surface area is 177 Å². The van der Waals surface area contributed by atoms with E-state index in [0.717, 1.165) is 42.6 Å². The number of nitrogens with zero attached hydrogens (tertiary/aromatic N) is 3. The van der Waals surface area contributed by atoms with Gasteiger partial charge in [-0.25, -0.2) is 0 Å². The molecule has 0 saturated heterocycles. The Morgan fingerprint density at radius 2 is 1.97 bits per heavy atom. The van der Waals surface area contributed by atoms with Crippen LogP contribution in [0.4, 0.5) is 11.4 Å². The molecule has 2 aliphatic rings. The van der Waals surface area contributed by atoms with E-state index in [4.69, 9.17) is 5.73 Å². The number of benzene rings is 1. The van der Waals surface area contributed by atoms with Gasteiger partial charge in [-0.3, -0.25) is 14.3 Å². The Kier molecular flexibility index (Phi) is 6.79. The molecule has 2 aromatic rings. The molecule has 0 radical (unpaired) electrons. The maximum Gasteiger partial charge on any atom is 0.261 e. The molecule has 1 fully saturated rings. The molecule has 3 N–H and O–H groups in total. The van der Waals surface area contributed by atoms with Gasteiger partial charge in [-0.15, -0.1) is 12.4 Å². The van der Waals surface area contributed by atoms with Crippen LogP contribution in [0.5, 0.6) is 0 Å². The number of rotatable bonds is 4. The summed E-state index contributed by atoms with van der Waals surface area (Å²) in [6.45, 7) is 0.788. The van der Waals surface area contributed by atoms with Crippen LogP contribution in [0.25, 0.3) is 0 Å². The number of nitrogens with one attached hydrogen (secondary N) is 1. The van der Waals surface area contributed by atoms with Crippen molar-refractivity contribution in [3.63, 3.8) is 0 Å². The Morgan fingerprint density at radius 3 is 2.76 bits per heavy atom. The Morgan fingerprint density at radius 1 is 1.17 bits per heavy atom. The second-order valence-electron chi connectivity index (χ2n) is 7.73. The molecule has 2 amide bonds. The van der Waals surface area contributed by atoms with E-state index < -0.39 is 0 Å². The zero-order valence-corrected chi connectivity index (χ0v) is 17.3. The van der Waals surface area contributed by atoms with Crippen molar-refractivity contribution in [2.75, 3.05) is 17.2 Å². The van der Waals surface area contributed by atoms with Crippen LogP contribution in [-0.2, 0) is 17.8 Å². The maximum absolute atomic E-state index is 13.0. The number of carbonyl (C=O) groups is 2. The monoisotopic (exact) mass is 417 g/mol. The fraction of sp³-hybridized carbons (Fsp3) is 0.476. The number of carbonyl (C=O) groups excluding carboxylic acids is 2. The topological polar surface area (TPSA) is 93.2 Å². The van der Waals surface area contributed by atoms with Crippen LogP contribution >= 0.6 is 12.4 Å². The number of aromatic nitrogens is 2. The van der Waals surface area contributed by atoms with E-state index in [2.05, 4.69) is 10.4 Å². The molecule has 7 nitrogen and oxygen atoms in total. The van der Waals surface area contributed by atoms with Crippen molar-refractivity contribution in [2.45, 2.75) is 57.5 Å². The summed E-state index contributed by atoms with van der Waals surface area (Å²) in [6.07, 6.45) is 10.7.